The summed E-state index contributed by atoms with van der Waals surface area (Å²) in [6.45, 7) is -2.93. The number of anilines is 2. The third kappa shape index (κ3) is 4.69. The van der Waals surface area contributed by atoms with Crippen molar-refractivity contribution in [3.05, 3.63) is 52.5 Å². The fourth-order valence-electron chi connectivity index (χ4n) is 1.62. The van der Waals surface area contributed by atoms with Gasteiger partial charge in [0.25, 0.3) is 0 Å². The van der Waals surface area contributed by atoms with Crippen LogP contribution in [0.3, 0.4) is 0 Å². The van der Waals surface area contributed by atoms with Gasteiger partial charge in [-0.15, -0.1) is 0 Å². The first kappa shape index (κ1) is 16.7. The monoisotopic (exact) mass is 362 g/mol. The third-order valence-electron chi connectivity index (χ3n) is 2.53. The zero-order valence-electron chi connectivity index (χ0n) is 10.9. The molecule has 0 aromatic heterocycles. The Labute approximate surface area is 141 Å². The molecule has 2 aromatic carbocycles. The lowest BCUT2D eigenvalue weighted by molar-refractivity contribution is -0.0497. The van der Waals surface area contributed by atoms with Gasteiger partial charge in [0.1, 0.15) is 5.75 Å². The van der Waals surface area contributed by atoms with Crippen LogP contribution in [0.15, 0.2) is 42.5 Å². The second-order valence-electron chi connectivity index (χ2n) is 4.08. The fourth-order valence-corrected chi connectivity index (χ4v) is 2.25. The third-order valence-corrected chi connectivity index (χ3v) is 3.36. The standard InChI is InChI=1S/C14H10Cl2F2N2OS/c15-9-3-1-2-4-11(9)20-14(22)19-8-5-6-12(10(16)7-8)21-13(17)18/h1-7,13H,(H2,19,20,22). The van der Waals surface area contributed by atoms with Gasteiger partial charge in [0.15, 0.2) is 5.11 Å². The van der Waals surface area contributed by atoms with Gasteiger partial charge in [-0.25, -0.2) is 0 Å². The normalized spacial score (nSPS) is 10.4. The van der Waals surface area contributed by atoms with E-state index in [0.717, 1.165) is 0 Å². The molecule has 3 nitrogen and oxygen atoms in total. The van der Waals surface area contributed by atoms with Crippen molar-refractivity contribution in [2.75, 3.05) is 10.6 Å². The first-order valence-electron chi connectivity index (χ1n) is 6.02. The largest absolute Gasteiger partial charge is 0.433 e. The van der Waals surface area contributed by atoms with Gasteiger partial charge < -0.3 is 15.4 Å². The molecule has 0 aliphatic rings. The van der Waals surface area contributed by atoms with Crippen LogP contribution in [0.1, 0.15) is 0 Å². The van der Waals surface area contributed by atoms with Crippen LogP contribution in [0.2, 0.25) is 10.0 Å². The van der Waals surface area contributed by atoms with Crippen LogP contribution in [0, 0.1) is 0 Å². The smallest absolute Gasteiger partial charge is 0.387 e. The average Bonchev–Trinajstić information content (AvgIpc) is 2.44. The summed E-state index contributed by atoms with van der Waals surface area (Å²) in [5, 5.41) is 6.64. The van der Waals surface area contributed by atoms with E-state index in [0.29, 0.717) is 16.4 Å². The number of para-hydroxylation sites is 1. The minimum absolute atomic E-state index is 0.0471. The lowest BCUT2D eigenvalue weighted by Gasteiger charge is -2.13. The number of hydrogen-bond acceptors (Lipinski definition) is 2. The molecule has 0 heterocycles. The quantitative estimate of drug-likeness (QED) is 0.713. The van der Waals surface area contributed by atoms with Crippen LogP contribution < -0.4 is 15.4 Å². The molecule has 0 aliphatic heterocycles. The minimum Gasteiger partial charge on any atom is -0.433 e. The summed E-state index contributed by atoms with van der Waals surface area (Å²) in [5.41, 5.74) is 1.17. The first-order chi connectivity index (χ1) is 10.5. The number of hydrogen-bond donors (Lipinski definition) is 2. The van der Waals surface area contributed by atoms with Crippen molar-refractivity contribution < 1.29 is 13.5 Å². The van der Waals surface area contributed by atoms with Gasteiger partial charge in [-0.05, 0) is 42.5 Å². The molecule has 0 saturated carbocycles. The summed E-state index contributed by atoms with van der Waals surface area (Å²) in [6.07, 6.45) is 0. The van der Waals surface area contributed by atoms with Crippen molar-refractivity contribution in [3.8, 4) is 5.75 Å². The molecular weight excluding hydrogens is 353 g/mol. The number of rotatable bonds is 4. The number of alkyl halides is 2. The van der Waals surface area contributed by atoms with Crippen molar-refractivity contribution in [2.24, 2.45) is 0 Å². The van der Waals surface area contributed by atoms with Crippen LogP contribution in [0.25, 0.3) is 0 Å². The number of halogens is 4. The van der Waals surface area contributed by atoms with E-state index in [1.807, 2.05) is 6.07 Å². The number of benzene rings is 2. The average molecular weight is 363 g/mol. The molecule has 8 heteroatoms. The molecule has 0 radical (unpaired) electrons. The molecule has 2 rings (SSSR count). The molecule has 2 N–H and O–H groups in total. The van der Waals surface area contributed by atoms with E-state index in [2.05, 4.69) is 15.4 Å². The zero-order valence-corrected chi connectivity index (χ0v) is 13.3. The van der Waals surface area contributed by atoms with Crippen LogP contribution >= 0.6 is 35.4 Å². The van der Waals surface area contributed by atoms with Gasteiger partial charge in [-0.1, -0.05) is 35.3 Å². The highest BCUT2D eigenvalue weighted by molar-refractivity contribution is 7.80. The van der Waals surface area contributed by atoms with E-state index in [4.69, 9.17) is 35.4 Å². The summed E-state index contributed by atoms with van der Waals surface area (Å²) in [6, 6.07) is 11.4. The minimum atomic E-state index is -2.93. The topological polar surface area (TPSA) is 33.3 Å². The molecule has 116 valence electrons. The second-order valence-corrected chi connectivity index (χ2v) is 5.31. The summed E-state index contributed by atoms with van der Waals surface area (Å²) in [4.78, 5) is 0. The number of thiocarbonyl (C=S) groups is 1. The van der Waals surface area contributed by atoms with Crippen LogP contribution in [0.4, 0.5) is 20.2 Å². The van der Waals surface area contributed by atoms with E-state index in [1.54, 1.807) is 18.2 Å². The Balaban J connectivity index is 2.03. The van der Waals surface area contributed by atoms with Gasteiger partial charge in [0, 0.05) is 5.69 Å². The highest BCUT2D eigenvalue weighted by Gasteiger charge is 2.10. The van der Waals surface area contributed by atoms with Gasteiger partial charge in [-0.3, -0.25) is 0 Å². The Hall–Kier alpha value is -1.63. The van der Waals surface area contributed by atoms with Crippen LogP contribution in [0.5, 0.6) is 5.75 Å². The highest BCUT2D eigenvalue weighted by atomic mass is 35.5. The molecule has 22 heavy (non-hydrogen) atoms. The molecular formula is C14H10Cl2F2N2OS. The Kier molecular flexibility index (Phi) is 5.76. The van der Waals surface area contributed by atoms with E-state index >= 15 is 0 Å². The van der Waals surface area contributed by atoms with Crippen molar-refractivity contribution >= 4 is 51.9 Å². The van der Waals surface area contributed by atoms with E-state index < -0.39 is 6.61 Å². The molecule has 2 aromatic rings. The summed E-state index contributed by atoms with van der Waals surface area (Å²) >= 11 is 17.0. The van der Waals surface area contributed by atoms with Gasteiger partial charge in [0.05, 0.1) is 15.7 Å². The number of nitrogens with one attached hydrogen (secondary N) is 2. The Morgan fingerprint density at radius 3 is 2.41 bits per heavy atom. The van der Waals surface area contributed by atoms with Crippen molar-refractivity contribution in [1.82, 2.24) is 0 Å². The number of ether oxygens (including phenoxy) is 1. The Morgan fingerprint density at radius 2 is 1.77 bits per heavy atom. The van der Waals surface area contributed by atoms with Gasteiger partial charge in [0.2, 0.25) is 0 Å². The van der Waals surface area contributed by atoms with Crippen LogP contribution in [-0.2, 0) is 0 Å². The summed E-state index contributed by atoms with van der Waals surface area (Å²) < 4.78 is 28.6. The van der Waals surface area contributed by atoms with E-state index in [1.165, 1.54) is 18.2 Å². The van der Waals surface area contributed by atoms with E-state index in [9.17, 15) is 8.78 Å². The molecule has 0 atom stereocenters. The lowest BCUT2D eigenvalue weighted by atomic mass is 10.3. The lowest BCUT2D eigenvalue weighted by Crippen LogP contribution is -2.19. The first-order valence-corrected chi connectivity index (χ1v) is 7.19. The molecule has 0 saturated heterocycles. The Bertz CT molecular complexity index is 686. The molecule has 0 aliphatic carbocycles. The molecule has 0 fully saturated rings. The second kappa shape index (κ2) is 7.58. The molecule has 0 spiro atoms. The summed E-state index contributed by atoms with van der Waals surface area (Å²) in [5.74, 6) is -0.104. The molecule has 0 amide bonds. The van der Waals surface area contributed by atoms with Crippen molar-refractivity contribution in [3.63, 3.8) is 0 Å². The predicted molar refractivity (Wildman–Crippen MR) is 89.4 cm³/mol. The SMILES string of the molecule is FC(F)Oc1ccc(NC(=S)Nc2ccccc2Cl)cc1Cl. The van der Waals surface area contributed by atoms with Crippen molar-refractivity contribution in [2.45, 2.75) is 6.61 Å². The maximum absolute atomic E-state index is 12.2. The maximum Gasteiger partial charge on any atom is 0.387 e. The zero-order chi connectivity index (χ0) is 16.1. The fraction of sp³-hybridized carbons (Fsp3) is 0.0714. The van der Waals surface area contributed by atoms with Crippen LogP contribution in [-0.4, -0.2) is 11.7 Å². The molecule has 0 unspecified atom stereocenters. The van der Waals surface area contributed by atoms with E-state index in [-0.39, 0.29) is 15.9 Å². The Morgan fingerprint density at radius 1 is 1.05 bits per heavy atom. The summed E-state index contributed by atoms with van der Waals surface area (Å²) in [7, 11) is 0. The van der Waals surface area contributed by atoms with Crippen molar-refractivity contribution in [1.29, 1.82) is 0 Å². The van der Waals surface area contributed by atoms with Gasteiger partial charge >= 0.3 is 6.61 Å². The maximum atomic E-state index is 12.2. The highest BCUT2D eigenvalue weighted by Crippen LogP contribution is 2.29. The molecule has 0 bridgehead atoms. The van der Waals surface area contributed by atoms with Gasteiger partial charge in [-0.2, -0.15) is 8.78 Å². The predicted octanol–water partition coefficient (Wildman–Crippen LogP) is 5.40.